The molecule has 2 amide bonds. The second-order valence-corrected chi connectivity index (χ2v) is 8.28. The van der Waals surface area contributed by atoms with Gasteiger partial charge in [0.1, 0.15) is 17.0 Å². The maximum atomic E-state index is 13.0. The number of benzene rings is 1. The van der Waals surface area contributed by atoms with Gasteiger partial charge in [0.15, 0.2) is 0 Å². The smallest absolute Gasteiger partial charge is 0.410 e. The molecule has 156 valence electrons. The molecule has 1 aromatic heterocycles. The van der Waals surface area contributed by atoms with Gasteiger partial charge in [-0.1, -0.05) is 11.6 Å². The van der Waals surface area contributed by atoms with Gasteiger partial charge in [0.2, 0.25) is 0 Å². The van der Waals surface area contributed by atoms with Crippen LogP contribution in [0.4, 0.5) is 10.5 Å². The third-order valence-electron chi connectivity index (χ3n) is 4.47. The molecule has 2 heterocycles. The predicted octanol–water partition coefficient (Wildman–Crippen LogP) is 3.63. The summed E-state index contributed by atoms with van der Waals surface area (Å²) in [5.41, 5.74) is 1.77. The van der Waals surface area contributed by atoms with Crippen LogP contribution in [0.5, 0.6) is 5.75 Å². The van der Waals surface area contributed by atoms with E-state index in [0.717, 1.165) is 5.69 Å². The number of amides is 2. The number of nitrogens with one attached hydrogen (secondary N) is 1. The van der Waals surface area contributed by atoms with Crippen LogP contribution in [0.25, 0.3) is 0 Å². The molecular formula is C20H25ClN4O4. The number of aromatic nitrogens is 2. The van der Waals surface area contributed by atoms with Gasteiger partial charge in [-0.15, -0.1) is 0 Å². The van der Waals surface area contributed by atoms with Crippen molar-refractivity contribution in [2.24, 2.45) is 7.05 Å². The van der Waals surface area contributed by atoms with Crippen LogP contribution in [0, 0.1) is 0 Å². The van der Waals surface area contributed by atoms with Crippen LogP contribution >= 0.6 is 11.6 Å². The van der Waals surface area contributed by atoms with E-state index in [-0.39, 0.29) is 12.5 Å². The molecule has 0 radical (unpaired) electrons. The fourth-order valence-electron chi connectivity index (χ4n) is 3.23. The highest BCUT2D eigenvalue weighted by Crippen LogP contribution is 2.29. The molecule has 0 unspecified atom stereocenters. The second-order valence-electron chi connectivity index (χ2n) is 7.85. The van der Waals surface area contributed by atoms with Gasteiger partial charge < -0.3 is 19.7 Å². The second kappa shape index (κ2) is 7.94. The number of aryl methyl sites for hydroxylation is 1. The van der Waals surface area contributed by atoms with Crippen LogP contribution in [0.2, 0.25) is 5.02 Å². The van der Waals surface area contributed by atoms with Crippen molar-refractivity contribution >= 4 is 29.3 Å². The van der Waals surface area contributed by atoms with E-state index in [2.05, 4.69) is 10.4 Å². The summed E-state index contributed by atoms with van der Waals surface area (Å²) in [5.74, 6) is 0.141. The van der Waals surface area contributed by atoms with Crippen molar-refractivity contribution in [3.63, 3.8) is 0 Å². The SMILES string of the molecule is COc1ccc(Cl)cc1NC(=O)c1c2c(nn1C)CCN(C(=O)OC(C)(C)C)C2. The van der Waals surface area contributed by atoms with Crippen molar-refractivity contribution in [1.29, 1.82) is 0 Å². The zero-order chi connectivity index (χ0) is 21.3. The molecular weight excluding hydrogens is 396 g/mol. The van der Waals surface area contributed by atoms with Crippen LogP contribution < -0.4 is 10.1 Å². The first-order chi connectivity index (χ1) is 13.6. The molecule has 1 aliphatic heterocycles. The molecule has 0 spiro atoms. The average molecular weight is 421 g/mol. The number of hydrogen-bond donors (Lipinski definition) is 1. The Morgan fingerprint density at radius 1 is 1.28 bits per heavy atom. The van der Waals surface area contributed by atoms with Gasteiger partial charge in [0.05, 0.1) is 25.0 Å². The molecule has 0 atom stereocenters. The fourth-order valence-corrected chi connectivity index (χ4v) is 3.40. The number of carbonyl (C=O) groups excluding carboxylic acids is 2. The maximum Gasteiger partial charge on any atom is 0.410 e. The van der Waals surface area contributed by atoms with Crippen molar-refractivity contribution < 1.29 is 19.1 Å². The van der Waals surface area contributed by atoms with Crippen molar-refractivity contribution in [3.8, 4) is 5.75 Å². The molecule has 1 aromatic carbocycles. The molecule has 1 aliphatic rings. The molecule has 0 aliphatic carbocycles. The number of hydrogen-bond acceptors (Lipinski definition) is 5. The zero-order valence-electron chi connectivity index (χ0n) is 17.2. The number of rotatable bonds is 3. The summed E-state index contributed by atoms with van der Waals surface area (Å²) in [6.45, 7) is 6.21. The first-order valence-corrected chi connectivity index (χ1v) is 9.64. The molecule has 8 nitrogen and oxygen atoms in total. The molecule has 0 fully saturated rings. The van der Waals surface area contributed by atoms with Crippen LogP contribution in [-0.2, 0) is 24.8 Å². The van der Waals surface area contributed by atoms with Crippen LogP contribution in [-0.4, -0.2) is 45.9 Å². The van der Waals surface area contributed by atoms with Crippen molar-refractivity contribution in [2.75, 3.05) is 19.0 Å². The lowest BCUT2D eigenvalue weighted by Gasteiger charge is -2.29. The van der Waals surface area contributed by atoms with Crippen LogP contribution in [0.3, 0.4) is 0 Å². The molecule has 0 bridgehead atoms. The van der Waals surface area contributed by atoms with Gasteiger partial charge in [-0.2, -0.15) is 5.10 Å². The van der Waals surface area contributed by atoms with Gasteiger partial charge in [0.25, 0.3) is 5.91 Å². The first-order valence-electron chi connectivity index (χ1n) is 9.26. The third-order valence-corrected chi connectivity index (χ3v) is 4.71. The van der Waals surface area contributed by atoms with Gasteiger partial charge in [-0.25, -0.2) is 4.79 Å². The lowest BCUT2D eigenvalue weighted by atomic mass is 10.1. The Morgan fingerprint density at radius 2 is 2.00 bits per heavy atom. The Balaban J connectivity index is 1.86. The highest BCUT2D eigenvalue weighted by Gasteiger charge is 2.31. The molecule has 0 saturated heterocycles. The first kappa shape index (κ1) is 21.0. The van der Waals surface area contributed by atoms with E-state index in [0.29, 0.717) is 40.7 Å². The summed E-state index contributed by atoms with van der Waals surface area (Å²) < 4.78 is 12.3. The molecule has 2 aromatic rings. The minimum absolute atomic E-state index is 0.257. The number of ether oxygens (including phenoxy) is 2. The highest BCUT2D eigenvalue weighted by atomic mass is 35.5. The van der Waals surface area contributed by atoms with Crippen molar-refractivity contribution in [1.82, 2.24) is 14.7 Å². The Labute approximate surface area is 174 Å². The summed E-state index contributed by atoms with van der Waals surface area (Å²) >= 11 is 6.05. The Bertz CT molecular complexity index is 949. The van der Waals surface area contributed by atoms with E-state index in [1.54, 1.807) is 30.1 Å². The molecule has 29 heavy (non-hydrogen) atoms. The number of methoxy groups -OCH3 is 1. The number of nitrogens with zero attached hydrogens (tertiary/aromatic N) is 3. The Kier molecular flexibility index (Phi) is 5.75. The Morgan fingerprint density at radius 3 is 2.66 bits per heavy atom. The van der Waals surface area contributed by atoms with E-state index in [1.165, 1.54) is 11.8 Å². The topological polar surface area (TPSA) is 85.7 Å². The zero-order valence-corrected chi connectivity index (χ0v) is 18.0. The van der Waals surface area contributed by atoms with Crippen molar-refractivity contribution in [3.05, 3.63) is 40.2 Å². The van der Waals surface area contributed by atoms with E-state index >= 15 is 0 Å². The largest absolute Gasteiger partial charge is 0.495 e. The monoisotopic (exact) mass is 420 g/mol. The lowest BCUT2D eigenvalue weighted by molar-refractivity contribution is 0.0222. The maximum absolute atomic E-state index is 13.0. The van der Waals surface area contributed by atoms with Gasteiger partial charge in [-0.3, -0.25) is 9.48 Å². The minimum Gasteiger partial charge on any atom is -0.495 e. The van der Waals surface area contributed by atoms with Gasteiger partial charge in [0, 0.05) is 30.6 Å². The number of halogens is 1. The van der Waals surface area contributed by atoms with E-state index < -0.39 is 11.7 Å². The van der Waals surface area contributed by atoms with E-state index in [4.69, 9.17) is 21.1 Å². The molecule has 9 heteroatoms. The summed E-state index contributed by atoms with van der Waals surface area (Å²) in [6.07, 6.45) is 0.144. The molecule has 3 rings (SSSR count). The quantitative estimate of drug-likeness (QED) is 0.819. The number of carbonyl (C=O) groups is 2. The predicted molar refractivity (Wildman–Crippen MR) is 110 cm³/mol. The van der Waals surface area contributed by atoms with Crippen LogP contribution in [0.15, 0.2) is 18.2 Å². The Hall–Kier alpha value is -2.74. The fraction of sp³-hybridized carbons (Fsp3) is 0.450. The van der Waals surface area contributed by atoms with Gasteiger partial charge >= 0.3 is 6.09 Å². The normalized spacial score (nSPS) is 13.7. The number of anilines is 1. The molecule has 1 N–H and O–H groups in total. The highest BCUT2D eigenvalue weighted by molar-refractivity contribution is 6.31. The van der Waals surface area contributed by atoms with Crippen molar-refractivity contribution in [2.45, 2.75) is 39.3 Å². The summed E-state index contributed by atoms with van der Waals surface area (Å²) in [4.78, 5) is 27.1. The van der Waals surface area contributed by atoms with Crippen LogP contribution in [0.1, 0.15) is 42.5 Å². The van der Waals surface area contributed by atoms with Gasteiger partial charge in [-0.05, 0) is 39.0 Å². The lowest BCUT2D eigenvalue weighted by Crippen LogP contribution is -2.40. The molecule has 0 saturated carbocycles. The number of fused-ring (bicyclic) bond motifs is 1. The minimum atomic E-state index is -0.588. The summed E-state index contributed by atoms with van der Waals surface area (Å²) in [6, 6.07) is 4.98. The third kappa shape index (κ3) is 4.64. The average Bonchev–Trinajstić information content (AvgIpc) is 2.95. The standard InChI is InChI=1S/C20H25ClN4O4/c1-20(2,3)29-19(27)25-9-8-14-13(11-25)17(24(4)23-14)18(26)22-15-10-12(21)6-7-16(15)28-5/h6-7,10H,8-9,11H2,1-5H3,(H,22,26). The van der Waals surface area contributed by atoms with E-state index in [9.17, 15) is 9.59 Å². The summed E-state index contributed by atoms with van der Waals surface area (Å²) in [7, 11) is 3.23. The van der Waals surface area contributed by atoms with E-state index in [1.807, 2.05) is 20.8 Å². The summed E-state index contributed by atoms with van der Waals surface area (Å²) in [5, 5.41) is 7.77.